The van der Waals surface area contributed by atoms with Gasteiger partial charge in [-0.3, -0.25) is 0 Å². The quantitative estimate of drug-likeness (QED) is 0.209. The zero-order valence-electron chi connectivity index (χ0n) is 31.4. The number of aromatic nitrogens is 1. The molecule has 0 aliphatic carbocycles. The minimum atomic E-state index is -0.574. The van der Waals surface area contributed by atoms with Gasteiger partial charge in [-0.2, -0.15) is 0 Å². The Labute approximate surface area is 258 Å². The van der Waals surface area contributed by atoms with E-state index in [4.69, 9.17) is 9.60 Å². The molecule has 0 atom stereocenters. The molecule has 8 aromatic rings. The Hall–Kier alpha value is -5.60. The molecule has 42 heavy (non-hydrogen) atoms. The molecule has 2 nitrogen and oxygen atoms in total. The summed E-state index contributed by atoms with van der Waals surface area (Å²) in [5, 5.41) is 3.25. The Balaban J connectivity index is 1.46. The SMILES string of the molecule is [2H]c1c([2H])c([2H])c(N(c2c([2H])c([2H])c([2H])c(-c3ccc4c(c3)c3ccccc3n4-c3ccccc3)c2[2H])c2cccc3ccccc23)c([2H])c1[2H]. The second-order valence-electron chi connectivity index (χ2n) is 9.95. The van der Waals surface area contributed by atoms with E-state index in [2.05, 4.69) is 4.57 Å². The summed E-state index contributed by atoms with van der Waals surface area (Å²) in [7, 11) is 0. The zero-order valence-corrected chi connectivity index (χ0v) is 22.4. The first kappa shape index (κ1) is 16.6. The van der Waals surface area contributed by atoms with Crippen molar-refractivity contribution in [3.8, 4) is 16.8 Å². The highest BCUT2D eigenvalue weighted by Gasteiger charge is 2.17. The van der Waals surface area contributed by atoms with E-state index in [9.17, 15) is 2.74 Å². The van der Waals surface area contributed by atoms with Gasteiger partial charge in [-0.15, -0.1) is 0 Å². The van der Waals surface area contributed by atoms with E-state index in [1.165, 1.54) is 4.90 Å². The van der Waals surface area contributed by atoms with E-state index >= 15 is 0 Å². The van der Waals surface area contributed by atoms with Gasteiger partial charge in [0.15, 0.2) is 0 Å². The minimum absolute atomic E-state index is 0.0852. The number of anilines is 3. The van der Waals surface area contributed by atoms with Gasteiger partial charge in [-0.25, -0.2) is 0 Å². The minimum Gasteiger partial charge on any atom is -0.310 e. The number of benzene rings is 7. The number of para-hydroxylation sites is 3. The fourth-order valence-electron chi connectivity index (χ4n) is 5.68. The average molecular weight is 546 g/mol. The summed E-state index contributed by atoms with van der Waals surface area (Å²) in [6, 6.07) is 31.9. The smallest absolute Gasteiger partial charge is 0.0651 e. The lowest BCUT2D eigenvalue weighted by Crippen LogP contribution is -2.10. The van der Waals surface area contributed by atoms with Crippen molar-refractivity contribution in [3.05, 3.63) is 170 Å². The largest absolute Gasteiger partial charge is 0.310 e. The summed E-state index contributed by atoms with van der Waals surface area (Å²) in [4.78, 5) is 1.33. The first-order chi connectivity index (χ1) is 24.6. The van der Waals surface area contributed by atoms with Crippen molar-refractivity contribution in [3.63, 3.8) is 0 Å². The maximum absolute atomic E-state index is 9.68. The highest BCUT2D eigenvalue weighted by Crippen LogP contribution is 2.41. The summed E-state index contributed by atoms with van der Waals surface area (Å²) in [5.74, 6) is 0. The van der Waals surface area contributed by atoms with E-state index in [0.29, 0.717) is 16.6 Å². The first-order valence-electron chi connectivity index (χ1n) is 18.1. The van der Waals surface area contributed by atoms with Crippen LogP contribution in [0.5, 0.6) is 0 Å². The van der Waals surface area contributed by atoms with Crippen molar-refractivity contribution in [2.24, 2.45) is 0 Å². The topological polar surface area (TPSA) is 8.17 Å². The third-order valence-electron chi connectivity index (χ3n) is 7.53. The van der Waals surface area contributed by atoms with Gasteiger partial charge >= 0.3 is 0 Å². The maximum atomic E-state index is 9.68. The number of rotatable bonds is 5. The molecular weight excluding hydrogens is 508 g/mol. The van der Waals surface area contributed by atoms with Crippen LogP contribution >= 0.6 is 0 Å². The Morgan fingerprint density at radius 2 is 1.21 bits per heavy atom. The molecule has 0 N–H and O–H groups in total. The molecular formula is C40H28N2. The number of fused-ring (bicyclic) bond motifs is 4. The lowest BCUT2D eigenvalue weighted by molar-refractivity contribution is 1.18. The van der Waals surface area contributed by atoms with Gasteiger partial charge in [0, 0.05) is 33.2 Å². The van der Waals surface area contributed by atoms with Crippen LogP contribution in [0.3, 0.4) is 0 Å². The molecule has 0 spiro atoms. The van der Waals surface area contributed by atoms with Crippen molar-refractivity contribution in [2.75, 3.05) is 4.90 Å². The van der Waals surface area contributed by atoms with E-state index in [0.717, 1.165) is 32.9 Å². The molecule has 0 unspecified atom stereocenters. The second-order valence-corrected chi connectivity index (χ2v) is 9.95. The van der Waals surface area contributed by atoms with Gasteiger partial charge in [0.1, 0.15) is 0 Å². The molecule has 0 bridgehead atoms. The van der Waals surface area contributed by atoms with E-state index in [1.807, 2.05) is 97.1 Å². The summed E-state index contributed by atoms with van der Waals surface area (Å²) in [5.41, 5.74) is 3.33. The fourth-order valence-corrected chi connectivity index (χ4v) is 5.68. The standard InChI is InChI=1S/C40H28N2/c1-3-16-32(17-4-1)41(38-24-12-14-29-13-7-8-21-35(29)38)34-20-11-15-30(27-34)31-25-26-40-37(28-31)36-22-9-10-23-39(36)42(40)33-18-5-2-6-19-33/h1-28H/i1D,3D,4D,11D,15D,16D,17D,20D,27D. The number of nitrogens with zero attached hydrogens (tertiary/aromatic N) is 2. The van der Waals surface area contributed by atoms with Crippen LogP contribution in [0.2, 0.25) is 0 Å². The molecule has 7 aromatic carbocycles. The monoisotopic (exact) mass is 545 g/mol. The third kappa shape index (κ3) is 4.05. The van der Waals surface area contributed by atoms with Crippen LogP contribution in [-0.2, 0) is 0 Å². The summed E-state index contributed by atoms with van der Waals surface area (Å²) in [6.07, 6.45) is 0. The van der Waals surface area contributed by atoms with E-state index < -0.39 is 42.3 Å². The number of hydrogen-bond donors (Lipinski definition) is 0. The number of hydrogen-bond acceptors (Lipinski definition) is 1. The van der Waals surface area contributed by atoms with Crippen LogP contribution in [0, 0.1) is 0 Å². The van der Waals surface area contributed by atoms with Gasteiger partial charge in [0.25, 0.3) is 0 Å². The highest BCUT2D eigenvalue weighted by molar-refractivity contribution is 6.10. The van der Waals surface area contributed by atoms with Crippen molar-refractivity contribution in [1.29, 1.82) is 0 Å². The van der Waals surface area contributed by atoms with E-state index in [-0.39, 0.29) is 29.0 Å². The van der Waals surface area contributed by atoms with Gasteiger partial charge < -0.3 is 9.47 Å². The van der Waals surface area contributed by atoms with Gasteiger partial charge in [0.05, 0.1) is 29.1 Å². The van der Waals surface area contributed by atoms with Gasteiger partial charge in [0.2, 0.25) is 0 Å². The van der Waals surface area contributed by atoms with Crippen LogP contribution < -0.4 is 4.90 Å². The van der Waals surface area contributed by atoms with Crippen molar-refractivity contribution in [1.82, 2.24) is 4.57 Å². The summed E-state index contributed by atoms with van der Waals surface area (Å²) in [6.45, 7) is 0. The second kappa shape index (κ2) is 10.1. The van der Waals surface area contributed by atoms with Crippen LogP contribution in [0.4, 0.5) is 17.1 Å². The van der Waals surface area contributed by atoms with Crippen LogP contribution in [0.25, 0.3) is 49.4 Å². The molecule has 1 aromatic heterocycles. The summed E-state index contributed by atoms with van der Waals surface area (Å²) < 4.78 is 82.2. The first-order valence-corrected chi connectivity index (χ1v) is 13.6. The van der Waals surface area contributed by atoms with Gasteiger partial charge in [-0.1, -0.05) is 109 Å². The average Bonchev–Trinajstić information content (AvgIpc) is 3.49. The molecule has 0 radical (unpaired) electrons. The molecule has 0 aliphatic rings. The molecule has 198 valence electrons. The molecule has 8 rings (SSSR count). The predicted octanol–water partition coefficient (Wildman–Crippen LogP) is 11.1. The van der Waals surface area contributed by atoms with Crippen molar-refractivity contribution in [2.45, 2.75) is 0 Å². The van der Waals surface area contributed by atoms with Crippen LogP contribution in [-0.4, -0.2) is 4.57 Å². The van der Waals surface area contributed by atoms with Crippen molar-refractivity contribution < 1.29 is 12.3 Å². The van der Waals surface area contributed by atoms with E-state index in [1.54, 1.807) is 18.2 Å². The lowest BCUT2D eigenvalue weighted by Gasteiger charge is -2.27. The van der Waals surface area contributed by atoms with Gasteiger partial charge in [-0.05, 0) is 77.1 Å². The molecule has 0 aliphatic heterocycles. The van der Waals surface area contributed by atoms with Crippen LogP contribution in [0.15, 0.2) is 170 Å². The molecule has 0 amide bonds. The fraction of sp³-hybridized carbons (Fsp3) is 0. The lowest BCUT2D eigenvalue weighted by atomic mass is 10.0. The van der Waals surface area contributed by atoms with Crippen molar-refractivity contribution >= 4 is 49.6 Å². The Morgan fingerprint density at radius 1 is 0.500 bits per heavy atom. The summed E-state index contributed by atoms with van der Waals surface area (Å²) >= 11 is 0. The molecule has 0 fully saturated rings. The third-order valence-corrected chi connectivity index (χ3v) is 7.53. The molecule has 2 heteroatoms. The predicted molar refractivity (Wildman–Crippen MR) is 178 cm³/mol. The molecule has 1 heterocycles. The maximum Gasteiger partial charge on any atom is 0.0651 e. The Morgan fingerprint density at radius 3 is 2.10 bits per heavy atom. The van der Waals surface area contributed by atoms with Crippen LogP contribution in [0.1, 0.15) is 12.3 Å². The Kier molecular flexibility index (Phi) is 4.00. The highest BCUT2D eigenvalue weighted by atomic mass is 15.1. The molecule has 0 saturated heterocycles. The zero-order chi connectivity index (χ0) is 35.7. The molecule has 0 saturated carbocycles. The Bertz CT molecular complexity index is 2670. The normalized spacial score (nSPS) is 14.3.